The van der Waals surface area contributed by atoms with Gasteiger partial charge in [-0.1, -0.05) is 347 Å². The standard InChI is InChI=1S/C41H33B3N2S.2C32H25B3N4/c1-41(2)39-16-10-9-15-37(39)38-22-19-33(27-40(38)41)32-17-20-36(21-18-32)44-45-28-34(30-11-5-3-6-12-30)23-25-42(45)47-43-26-24-35(29-46(43)44)31-13-7-4-8-14-31;1-2-14-27(15-3-1)39-33-21-8-10-23-36(33)35(37-24-11-9-22-34(37)39)26-13-12-16-28(25-26)38-31-19-6-4-17-29(31)30-18-5-7-20-32(30)38;1-2-13-26(14-3-1)35-36-23-10-8-21-33(36)39(34-22-9-11-24-37(34)35)28-16-12-15-27(25-28)38-31-19-6-4-17-29(31)30-18-5-7-20-32(30)38/h3-29H,1-2H3;2*1-25H. The summed E-state index contributed by atoms with van der Waals surface area (Å²) in [6.07, 6.45) is 36.0. The molecule has 15 aromatic rings. The van der Waals surface area contributed by atoms with Gasteiger partial charge in [0.2, 0.25) is 0 Å². The largest absolute Gasteiger partial charge is 0.432 e. The number of para-hydroxylation sites is 5. The van der Waals surface area contributed by atoms with Gasteiger partial charge < -0.3 is 46.9 Å². The first-order chi connectivity index (χ1) is 61.8. The van der Waals surface area contributed by atoms with E-state index in [2.05, 4.69) is 528 Å². The van der Waals surface area contributed by atoms with E-state index in [0.29, 0.717) is 0 Å². The Morgan fingerprint density at radius 2 is 0.624 bits per heavy atom. The molecular weight excluding hydrogens is 1530 g/mol. The summed E-state index contributed by atoms with van der Waals surface area (Å²) < 4.78 is 24.8. The number of benzene rings is 13. The molecule has 11 heterocycles. The Morgan fingerprint density at radius 1 is 0.256 bits per heavy atom. The maximum atomic E-state index is 2.55. The van der Waals surface area contributed by atoms with Crippen molar-refractivity contribution in [2.24, 2.45) is 0 Å². The van der Waals surface area contributed by atoms with Crippen LogP contribution < -0.4 is 25.8 Å². The molecular formula is C105H83B9N10S. The van der Waals surface area contributed by atoms with Gasteiger partial charge in [0.25, 0.3) is 0 Å². The summed E-state index contributed by atoms with van der Waals surface area (Å²) in [5.74, 6) is 14.0. The molecule has 0 saturated carbocycles. The Labute approximate surface area is 739 Å². The third kappa shape index (κ3) is 13.3. The average molecular weight is 1610 g/mol. The van der Waals surface area contributed by atoms with Crippen molar-refractivity contribution in [2.75, 3.05) is 9.44 Å². The SMILES string of the molecule is C1=CB2N(C=C1)B(c1cccc(-n3c4ccccc4c4ccccc43)c1)N1C=CC=CB1N2c1ccccc1.C1=CB2N(C=C1)B(c1ccccc1)N1C=CC=CB1N2c1cccc(-n2c3ccccc3c3ccccc32)c1.CC1(C)c2ccccc2-c2ccc(-c3ccc(B4N5C=C(c6ccccc6)C=CB5SB5C=CC(c6ccccc6)=CN54)cc3)cc21. The Kier molecular flexibility index (Phi) is 19.3. The highest BCUT2D eigenvalue weighted by Crippen LogP contribution is 2.50. The number of hydrogen-bond acceptors (Lipinski definition) is 9. The molecule has 586 valence electrons. The van der Waals surface area contributed by atoms with Crippen LogP contribution in [0.1, 0.15) is 36.1 Å². The number of fused-ring (bicyclic) bond motifs is 15. The minimum Gasteiger partial charge on any atom is -0.432 e. The van der Waals surface area contributed by atoms with Gasteiger partial charge >= 0.3 is 61.1 Å². The normalized spacial score (nSPS) is 16.4. The van der Waals surface area contributed by atoms with Crippen LogP contribution in [0.5, 0.6) is 0 Å². The van der Waals surface area contributed by atoms with Crippen molar-refractivity contribution in [3.8, 4) is 33.6 Å². The summed E-state index contributed by atoms with van der Waals surface area (Å²) in [7, 11) is 0. The Bertz CT molecular complexity index is 6580. The van der Waals surface area contributed by atoms with Crippen LogP contribution in [-0.4, -0.2) is 98.6 Å². The Hall–Kier alpha value is -14.3. The molecule has 9 aliphatic heterocycles. The minimum absolute atomic E-state index is 0.0131. The molecule has 0 N–H and O–H groups in total. The second-order valence-corrected chi connectivity index (χ2v) is 35.1. The maximum absolute atomic E-state index is 2.55. The third-order valence-corrected chi connectivity index (χ3v) is 27.8. The quantitative estimate of drug-likeness (QED) is 0.124. The van der Waals surface area contributed by atoms with E-state index in [4.69, 9.17) is 0 Å². The van der Waals surface area contributed by atoms with Gasteiger partial charge in [-0.25, -0.2) is 0 Å². The molecule has 0 atom stereocenters. The van der Waals surface area contributed by atoms with Crippen molar-refractivity contribution in [1.29, 1.82) is 0 Å². The van der Waals surface area contributed by atoms with Crippen LogP contribution in [0.4, 0.5) is 11.4 Å². The van der Waals surface area contributed by atoms with E-state index >= 15 is 0 Å². The monoisotopic (exact) mass is 1610 g/mol. The third-order valence-electron chi connectivity index (χ3n) is 26.5. The maximum Gasteiger partial charge on any atom is 0.388 e. The minimum atomic E-state index is -0.0131. The molecule has 0 unspecified atom stereocenters. The van der Waals surface area contributed by atoms with Crippen LogP contribution in [0.15, 0.2) is 467 Å². The molecule has 0 amide bonds. The van der Waals surface area contributed by atoms with Crippen molar-refractivity contribution >= 4 is 155 Å². The molecule has 125 heavy (non-hydrogen) atoms. The number of aromatic nitrogens is 2. The topological polar surface area (TPSA) is 35.8 Å². The Balaban J connectivity index is 0.000000109. The Morgan fingerprint density at radius 3 is 1.13 bits per heavy atom. The van der Waals surface area contributed by atoms with Crippen LogP contribution in [0.25, 0.3) is 88.4 Å². The highest BCUT2D eigenvalue weighted by atomic mass is 32.2. The second-order valence-electron chi connectivity index (χ2n) is 33.9. The predicted molar refractivity (Wildman–Crippen MR) is 538 cm³/mol. The van der Waals surface area contributed by atoms with Gasteiger partial charge in [0.05, 0.1) is 22.1 Å². The van der Waals surface area contributed by atoms with E-state index in [-0.39, 0.29) is 66.5 Å². The predicted octanol–water partition coefficient (Wildman–Crippen LogP) is 20.6. The molecule has 1 aliphatic carbocycles. The molecule has 25 rings (SSSR count). The van der Waals surface area contributed by atoms with Crippen molar-refractivity contribution in [3.63, 3.8) is 0 Å². The number of allylic oxidation sites excluding steroid dienone is 12. The fourth-order valence-corrected chi connectivity index (χ4v) is 22.0. The van der Waals surface area contributed by atoms with E-state index < -0.39 is 0 Å². The molecule has 10 aliphatic rings. The molecule has 0 bridgehead atoms. The van der Waals surface area contributed by atoms with Gasteiger partial charge in [-0.15, -0.1) is 0 Å². The van der Waals surface area contributed by atoms with Crippen molar-refractivity contribution < 1.29 is 0 Å². The lowest BCUT2D eigenvalue weighted by Gasteiger charge is -2.54. The first kappa shape index (κ1) is 75.6. The van der Waals surface area contributed by atoms with Crippen LogP contribution >= 0.6 is 11.5 Å². The molecule has 13 aromatic carbocycles. The van der Waals surface area contributed by atoms with E-state index in [1.807, 2.05) is 11.5 Å². The van der Waals surface area contributed by atoms with E-state index in [9.17, 15) is 0 Å². The zero-order valence-corrected chi connectivity index (χ0v) is 70.3. The molecule has 0 spiro atoms. The molecule has 3 saturated heterocycles. The second kappa shape index (κ2) is 31.8. The van der Waals surface area contributed by atoms with Gasteiger partial charge in [-0.05, 0) is 206 Å². The molecule has 10 nitrogen and oxygen atoms in total. The van der Waals surface area contributed by atoms with Gasteiger partial charge in [-0.2, -0.15) is 11.5 Å². The highest BCUT2D eigenvalue weighted by molar-refractivity contribution is 8.46. The fourth-order valence-electron chi connectivity index (χ4n) is 20.8. The lowest BCUT2D eigenvalue weighted by Crippen LogP contribution is -2.78. The van der Waals surface area contributed by atoms with Crippen LogP contribution in [0.3, 0.4) is 0 Å². The summed E-state index contributed by atoms with van der Waals surface area (Å²) in [6, 6.07) is 121. The summed E-state index contributed by atoms with van der Waals surface area (Å²) in [4.78, 5) is 0. The molecule has 20 heteroatoms. The summed E-state index contributed by atoms with van der Waals surface area (Å²) >= 11 is 1.99. The van der Waals surface area contributed by atoms with Crippen molar-refractivity contribution in [3.05, 3.63) is 490 Å². The van der Waals surface area contributed by atoms with Crippen LogP contribution in [0.2, 0.25) is 0 Å². The van der Waals surface area contributed by atoms with E-state index in [1.54, 1.807) is 0 Å². The van der Waals surface area contributed by atoms with Crippen LogP contribution in [-0.2, 0) is 5.41 Å². The zero-order chi connectivity index (χ0) is 83.1. The van der Waals surface area contributed by atoms with E-state index in [0.717, 1.165) is 0 Å². The molecule has 3 fully saturated rings. The van der Waals surface area contributed by atoms with Gasteiger partial charge in [-0.3, -0.25) is 0 Å². The first-order valence-electron chi connectivity index (χ1n) is 43.6. The van der Waals surface area contributed by atoms with Gasteiger partial charge in [0.15, 0.2) is 0 Å². The van der Waals surface area contributed by atoms with E-state index in [1.165, 1.54) is 138 Å². The first-order valence-corrected chi connectivity index (χ1v) is 44.6. The molecule has 0 radical (unpaired) electrons. The average Bonchev–Trinajstić information content (AvgIpc) is 1.70. The van der Waals surface area contributed by atoms with Crippen molar-refractivity contribution in [1.82, 2.24) is 37.5 Å². The fraction of sp³-hybridized carbons (Fsp3) is 0.0286. The number of hydrogen-bond donors (Lipinski definition) is 0. The van der Waals surface area contributed by atoms with Gasteiger partial charge in [0, 0.05) is 49.7 Å². The van der Waals surface area contributed by atoms with Crippen molar-refractivity contribution in [2.45, 2.75) is 19.3 Å². The lowest BCUT2D eigenvalue weighted by molar-refractivity contribution is 0.660. The highest BCUT2D eigenvalue weighted by Gasteiger charge is 2.54. The summed E-state index contributed by atoms with van der Waals surface area (Å²) in [5, 5.41) is 5.12. The number of rotatable bonds is 10. The summed E-state index contributed by atoms with van der Waals surface area (Å²) in [5.41, 5.74) is 26.5. The molecule has 2 aromatic heterocycles. The van der Waals surface area contributed by atoms with Crippen LogP contribution in [0, 0.1) is 0 Å². The summed E-state index contributed by atoms with van der Waals surface area (Å²) in [6.45, 7) is 5.22. The number of nitrogens with zero attached hydrogens (tertiary/aromatic N) is 10. The lowest BCUT2D eigenvalue weighted by atomic mass is 9.40. The number of anilines is 2. The smallest absolute Gasteiger partial charge is 0.388 e. The zero-order valence-electron chi connectivity index (χ0n) is 69.5. The van der Waals surface area contributed by atoms with Gasteiger partial charge in [0.1, 0.15) is 0 Å².